The maximum Gasteiger partial charge on any atom is 0.244 e. The highest BCUT2D eigenvalue weighted by Gasteiger charge is 2.33. The molecule has 1 atom stereocenters. The van der Waals surface area contributed by atoms with Crippen LogP contribution in [-0.2, 0) is 10.0 Å². The maximum absolute atomic E-state index is 13.0. The number of nitrogens with zero attached hydrogens (tertiary/aromatic N) is 2. The summed E-state index contributed by atoms with van der Waals surface area (Å²) >= 11 is 0. The summed E-state index contributed by atoms with van der Waals surface area (Å²) in [6, 6.07) is 16.7. The first-order valence-electron chi connectivity index (χ1n) is 8.99. The molecular formula is C21H20N2O3S. The fourth-order valence-corrected chi connectivity index (χ4v) is 5.09. The molecule has 1 aliphatic heterocycles. The molecule has 1 saturated heterocycles. The Bertz CT molecular complexity index is 1080. The summed E-state index contributed by atoms with van der Waals surface area (Å²) in [5.41, 5.74) is 0.638. The van der Waals surface area contributed by atoms with E-state index in [9.17, 15) is 13.2 Å². The first-order valence-corrected chi connectivity index (χ1v) is 10.4. The normalized spacial score (nSPS) is 18.4. The number of sulfonamides is 1. The van der Waals surface area contributed by atoms with E-state index in [1.54, 1.807) is 12.3 Å². The second kappa shape index (κ2) is 7.21. The van der Waals surface area contributed by atoms with E-state index in [2.05, 4.69) is 4.98 Å². The molecule has 0 bridgehead atoms. The first kappa shape index (κ1) is 17.8. The van der Waals surface area contributed by atoms with Gasteiger partial charge < -0.3 is 0 Å². The average molecular weight is 380 g/mol. The van der Waals surface area contributed by atoms with Crippen LogP contribution in [0.2, 0.25) is 0 Å². The fraction of sp³-hybridized carbons (Fsp3) is 0.238. The van der Waals surface area contributed by atoms with Crippen molar-refractivity contribution in [1.82, 2.24) is 9.29 Å². The van der Waals surface area contributed by atoms with Gasteiger partial charge in [-0.05, 0) is 41.8 Å². The molecule has 138 valence electrons. The molecule has 0 saturated carbocycles. The molecule has 1 fully saturated rings. The Morgan fingerprint density at radius 1 is 1.04 bits per heavy atom. The summed E-state index contributed by atoms with van der Waals surface area (Å²) < 4.78 is 27.1. The zero-order valence-corrected chi connectivity index (χ0v) is 15.6. The number of aromatic nitrogens is 1. The Kier molecular flexibility index (Phi) is 4.76. The summed E-state index contributed by atoms with van der Waals surface area (Å²) in [6.45, 7) is 0.640. The van der Waals surface area contributed by atoms with E-state index in [-0.39, 0.29) is 23.1 Å². The van der Waals surface area contributed by atoms with Crippen LogP contribution < -0.4 is 0 Å². The van der Waals surface area contributed by atoms with Gasteiger partial charge in [-0.3, -0.25) is 9.78 Å². The van der Waals surface area contributed by atoms with Gasteiger partial charge in [-0.15, -0.1) is 0 Å². The molecule has 0 N–H and O–H groups in total. The molecule has 0 unspecified atom stereocenters. The third-order valence-corrected chi connectivity index (χ3v) is 6.91. The predicted molar refractivity (Wildman–Crippen MR) is 104 cm³/mol. The lowest BCUT2D eigenvalue weighted by Gasteiger charge is -2.31. The van der Waals surface area contributed by atoms with Gasteiger partial charge in [0.1, 0.15) is 4.90 Å². The minimum Gasteiger partial charge on any atom is -0.294 e. The minimum absolute atomic E-state index is 0.00633. The molecule has 2 aromatic carbocycles. The molecule has 0 amide bonds. The molecule has 0 spiro atoms. The lowest BCUT2D eigenvalue weighted by Crippen LogP contribution is -2.42. The Hall–Kier alpha value is -2.57. The van der Waals surface area contributed by atoms with Crippen molar-refractivity contribution < 1.29 is 13.2 Å². The highest BCUT2D eigenvalue weighted by molar-refractivity contribution is 7.89. The average Bonchev–Trinajstić information content (AvgIpc) is 2.73. The van der Waals surface area contributed by atoms with Crippen molar-refractivity contribution in [2.24, 2.45) is 5.92 Å². The molecule has 1 aliphatic rings. The molecule has 0 aliphatic carbocycles. The SMILES string of the molecule is O=C(c1ccc2ccccc2c1)[C@H]1CCCN(S(=O)(=O)c2cccnc2)C1. The van der Waals surface area contributed by atoms with E-state index >= 15 is 0 Å². The van der Waals surface area contributed by atoms with Crippen LogP contribution in [0.25, 0.3) is 10.8 Å². The van der Waals surface area contributed by atoms with Crippen LogP contribution in [0.4, 0.5) is 0 Å². The molecule has 4 rings (SSSR count). The second-order valence-electron chi connectivity index (χ2n) is 6.82. The Balaban J connectivity index is 1.58. The minimum atomic E-state index is -3.63. The molecule has 3 aromatic rings. The van der Waals surface area contributed by atoms with E-state index in [0.29, 0.717) is 24.9 Å². The van der Waals surface area contributed by atoms with Crippen molar-refractivity contribution in [2.75, 3.05) is 13.1 Å². The third-order valence-electron chi connectivity index (χ3n) is 5.06. The van der Waals surface area contributed by atoms with E-state index in [4.69, 9.17) is 0 Å². The Morgan fingerprint density at radius 3 is 2.63 bits per heavy atom. The standard InChI is InChI=1S/C21H20N2O3S/c24-21(18-10-9-16-5-1-2-6-17(16)13-18)19-7-4-12-23(15-19)27(25,26)20-8-3-11-22-14-20/h1-3,5-6,8-11,13-14,19H,4,7,12,15H2/t19-/m0/s1. The van der Waals surface area contributed by atoms with Crippen LogP contribution in [-0.4, -0.2) is 36.6 Å². The van der Waals surface area contributed by atoms with Crippen LogP contribution in [0.1, 0.15) is 23.2 Å². The van der Waals surface area contributed by atoms with Crippen LogP contribution in [0, 0.1) is 5.92 Å². The quantitative estimate of drug-likeness (QED) is 0.650. The van der Waals surface area contributed by atoms with Gasteiger partial charge in [0.2, 0.25) is 10.0 Å². The Labute approximate surface area is 158 Å². The van der Waals surface area contributed by atoms with E-state index in [1.807, 2.05) is 42.5 Å². The summed E-state index contributed by atoms with van der Waals surface area (Å²) in [7, 11) is -3.63. The summed E-state index contributed by atoms with van der Waals surface area (Å²) in [6.07, 6.45) is 4.26. The van der Waals surface area contributed by atoms with Crippen molar-refractivity contribution in [1.29, 1.82) is 0 Å². The number of carbonyl (C=O) groups is 1. The van der Waals surface area contributed by atoms with Crippen LogP contribution >= 0.6 is 0 Å². The highest BCUT2D eigenvalue weighted by Crippen LogP contribution is 2.27. The predicted octanol–water partition coefficient (Wildman–Crippen LogP) is 3.52. The maximum atomic E-state index is 13.0. The smallest absolute Gasteiger partial charge is 0.244 e. The van der Waals surface area contributed by atoms with Gasteiger partial charge in [-0.2, -0.15) is 4.31 Å². The highest BCUT2D eigenvalue weighted by atomic mass is 32.2. The fourth-order valence-electron chi connectivity index (χ4n) is 3.60. The molecular weight excluding hydrogens is 360 g/mol. The van der Waals surface area contributed by atoms with Gasteiger partial charge in [0.05, 0.1) is 0 Å². The number of hydrogen-bond acceptors (Lipinski definition) is 4. The third kappa shape index (κ3) is 3.50. The molecule has 0 radical (unpaired) electrons. The monoisotopic (exact) mass is 380 g/mol. The van der Waals surface area contributed by atoms with Crippen molar-refractivity contribution >= 4 is 26.6 Å². The number of piperidine rings is 1. The molecule has 6 heteroatoms. The van der Waals surface area contributed by atoms with E-state index in [1.165, 1.54) is 16.6 Å². The summed E-state index contributed by atoms with van der Waals surface area (Å²) in [5.74, 6) is -0.321. The molecule has 27 heavy (non-hydrogen) atoms. The van der Waals surface area contributed by atoms with Crippen molar-refractivity contribution in [2.45, 2.75) is 17.7 Å². The summed E-state index contributed by atoms with van der Waals surface area (Å²) in [5, 5.41) is 2.09. The number of ketones is 1. The Morgan fingerprint density at radius 2 is 1.85 bits per heavy atom. The zero-order chi connectivity index (χ0) is 18.9. The largest absolute Gasteiger partial charge is 0.294 e. The van der Waals surface area contributed by atoms with Gasteiger partial charge >= 0.3 is 0 Å². The van der Waals surface area contributed by atoms with Gasteiger partial charge in [0.15, 0.2) is 5.78 Å². The van der Waals surface area contributed by atoms with Crippen LogP contribution in [0.15, 0.2) is 71.9 Å². The van der Waals surface area contributed by atoms with Gasteiger partial charge in [-0.1, -0.05) is 36.4 Å². The number of Topliss-reactive ketones (excluding diaryl/α,β-unsaturated/α-hetero) is 1. The molecule has 5 nitrogen and oxygen atoms in total. The van der Waals surface area contributed by atoms with Gasteiger partial charge in [0, 0.05) is 37.0 Å². The van der Waals surface area contributed by atoms with Crippen molar-refractivity contribution in [3.8, 4) is 0 Å². The molecule has 1 aromatic heterocycles. The zero-order valence-electron chi connectivity index (χ0n) is 14.8. The van der Waals surface area contributed by atoms with Crippen molar-refractivity contribution in [3.63, 3.8) is 0 Å². The van der Waals surface area contributed by atoms with Gasteiger partial charge in [0.25, 0.3) is 0 Å². The number of rotatable bonds is 4. The summed E-state index contributed by atoms with van der Waals surface area (Å²) in [4.78, 5) is 17.1. The topological polar surface area (TPSA) is 67.3 Å². The number of benzene rings is 2. The second-order valence-corrected chi connectivity index (χ2v) is 8.76. The lowest BCUT2D eigenvalue weighted by molar-refractivity contribution is 0.0872. The number of fused-ring (bicyclic) bond motifs is 1. The van der Waals surface area contributed by atoms with E-state index in [0.717, 1.165) is 10.8 Å². The van der Waals surface area contributed by atoms with E-state index < -0.39 is 10.0 Å². The van der Waals surface area contributed by atoms with Crippen LogP contribution in [0.3, 0.4) is 0 Å². The number of carbonyl (C=O) groups excluding carboxylic acids is 1. The first-order chi connectivity index (χ1) is 13.1. The lowest BCUT2D eigenvalue weighted by atomic mass is 9.90. The molecule has 2 heterocycles. The number of hydrogen-bond donors (Lipinski definition) is 0. The van der Waals surface area contributed by atoms with Gasteiger partial charge in [-0.25, -0.2) is 8.42 Å². The van der Waals surface area contributed by atoms with Crippen LogP contribution in [0.5, 0.6) is 0 Å². The van der Waals surface area contributed by atoms with Crippen molar-refractivity contribution in [3.05, 3.63) is 72.6 Å². The number of pyridine rings is 1.